The second-order valence-electron chi connectivity index (χ2n) is 5.24. The second-order valence-corrected chi connectivity index (χ2v) is 5.67. The lowest BCUT2D eigenvalue weighted by Crippen LogP contribution is -2.14. The summed E-state index contributed by atoms with van der Waals surface area (Å²) >= 11 is 5.87. The Morgan fingerprint density at radius 2 is 1.65 bits per heavy atom. The molecule has 0 aliphatic carbocycles. The fourth-order valence-corrected chi connectivity index (χ4v) is 2.51. The van der Waals surface area contributed by atoms with Crippen LogP contribution >= 0.6 is 11.6 Å². The molecule has 0 aliphatic rings. The number of methoxy groups -OCH3 is 3. The van der Waals surface area contributed by atoms with Gasteiger partial charge in [0.2, 0.25) is 5.75 Å². The zero-order chi connectivity index (χ0) is 18.9. The number of ether oxygens (including phenoxy) is 5. The van der Waals surface area contributed by atoms with Crippen LogP contribution in [0.5, 0.6) is 23.0 Å². The van der Waals surface area contributed by atoms with E-state index in [1.54, 1.807) is 36.4 Å². The first kappa shape index (κ1) is 19.7. The van der Waals surface area contributed by atoms with Gasteiger partial charge in [0.05, 0.1) is 27.8 Å². The fraction of sp³-hybridized carbons (Fsp3) is 0.316. The average Bonchev–Trinajstić information content (AvgIpc) is 2.64. The molecule has 26 heavy (non-hydrogen) atoms. The first-order valence-corrected chi connectivity index (χ1v) is 8.28. The van der Waals surface area contributed by atoms with Crippen molar-refractivity contribution in [2.24, 2.45) is 0 Å². The topological polar surface area (TPSA) is 63.2 Å². The van der Waals surface area contributed by atoms with E-state index in [1.807, 2.05) is 0 Å². The van der Waals surface area contributed by atoms with Gasteiger partial charge < -0.3 is 23.7 Å². The highest BCUT2D eigenvalue weighted by atomic mass is 35.5. The van der Waals surface area contributed by atoms with Crippen LogP contribution in [-0.4, -0.2) is 40.5 Å². The molecule has 140 valence electrons. The molecule has 0 atom stereocenters. The third-order valence-electron chi connectivity index (χ3n) is 3.48. The van der Waals surface area contributed by atoms with Crippen molar-refractivity contribution >= 4 is 17.6 Å². The summed E-state index contributed by atoms with van der Waals surface area (Å²) in [5, 5.41) is 0.585. The van der Waals surface area contributed by atoms with Gasteiger partial charge in [0.25, 0.3) is 0 Å². The third kappa shape index (κ3) is 5.46. The molecule has 0 amide bonds. The Balaban J connectivity index is 1.87. The summed E-state index contributed by atoms with van der Waals surface area (Å²) in [5.74, 6) is 1.69. The number of carbonyl (C=O) groups is 1. The van der Waals surface area contributed by atoms with Gasteiger partial charge in [-0.25, -0.2) is 0 Å². The molecule has 0 aromatic heterocycles. The summed E-state index contributed by atoms with van der Waals surface area (Å²) in [4.78, 5) is 12.0. The minimum Gasteiger partial charge on any atom is -0.493 e. The van der Waals surface area contributed by atoms with Crippen LogP contribution in [0, 0.1) is 0 Å². The van der Waals surface area contributed by atoms with Crippen LogP contribution in [-0.2, 0) is 16.0 Å². The second kappa shape index (κ2) is 9.77. The van der Waals surface area contributed by atoms with E-state index in [1.165, 1.54) is 21.3 Å². The lowest BCUT2D eigenvalue weighted by Gasteiger charge is -2.14. The average molecular weight is 381 g/mol. The van der Waals surface area contributed by atoms with Gasteiger partial charge in [-0.1, -0.05) is 17.7 Å². The van der Waals surface area contributed by atoms with Crippen LogP contribution < -0.4 is 18.9 Å². The van der Waals surface area contributed by atoms with Crippen LogP contribution in [0.3, 0.4) is 0 Å². The van der Waals surface area contributed by atoms with Crippen molar-refractivity contribution in [1.82, 2.24) is 0 Å². The van der Waals surface area contributed by atoms with Crippen molar-refractivity contribution < 1.29 is 28.5 Å². The first-order chi connectivity index (χ1) is 12.6. The molecule has 0 N–H and O–H groups in total. The minimum absolute atomic E-state index is 0.0773. The molecule has 0 saturated heterocycles. The molecular weight excluding hydrogens is 360 g/mol. The smallest absolute Gasteiger partial charge is 0.310 e. The molecule has 0 spiro atoms. The van der Waals surface area contributed by atoms with Crippen LogP contribution in [0.15, 0.2) is 36.4 Å². The maximum atomic E-state index is 12.0. The largest absolute Gasteiger partial charge is 0.493 e. The van der Waals surface area contributed by atoms with Crippen molar-refractivity contribution in [1.29, 1.82) is 0 Å². The van der Waals surface area contributed by atoms with Crippen molar-refractivity contribution in [2.75, 3.05) is 34.5 Å². The number of hydrogen-bond acceptors (Lipinski definition) is 6. The van der Waals surface area contributed by atoms with Crippen molar-refractivity contribution in [2.45, 2.75) is 6.42 Å². The standard InChI is InChI=1S/C19H21ClO6/c1-22-16-9-13(10-17(23-2)19(16)24-3)11-18(21)26-8-7-25-15-6-4-5-14(20)12-15/h4-6,9-10,12H,7-8,11H2,1-3H3. The quantitative estimate of drug-likeness (QED) is 0.490. The lowest BCUT2D eigenvalue weighted by atomic mass is 10.1. The van der Waals surface area contributed by atoms with Gasteiger partial charge in [-0.05, 0) is 35.9 Å². The number of hydrogen-bond donors (Lipinski definition) is 0. The Kier molecular flexibility index (Phi) is 7.41. The molecule has 0 aliphatic heterocycles. The Morgan fingerprint density at radius 1 is 0.962 bits per heavy atom. The van der Waals surface area contributed by atoms with Gasteiger partial charge in [-0.15, -0.1) is 0 Å². The number of benzene rings is 2. The normalized spacial score (nSPS) is 10.2. The zero-order valence-electron chi connectivity index (χ0n) is 14.9. The summed E-state index contributed by atoms with van der Waals surface area (Å²) in [6.45, 7) is 0.372. The van der Waals surface area contributed by atoms with E-state index in [2.05, 4.69) is 0 Å². The molecule has 0 bridgehead atoms. The summed E-state index contributed by atoms with van der Waals surface area (Å²) < 4.78 is 26.5. The predicted octanol–water partition coefficient (Wildman–Crippen LogP) is 3.53. The van der Waals surface area contributed by atoms with Gasteiger partial charge >= 0.3 is 5.97 Å². The van der Waals surface area contributed by atoms with E-state index in [0.717, 1.165) is 0 Å². The zero-order valence-corrected chi connectivity index (χ0v) is 15.7. The van der Waals surface area contributed by atoms with Crippen LogP contribution in [0.1, 0.15) is 5.56 Å². The molecule has 0 saturated carbocycles. The molecule has 2 aromatic rings. The van der Waals surface area contributed by atoms with Crippen molar-refractivity contribution in [3.63, 3.8) is 0 Å². The Hall–Kier alpha value is -2.60. The fourth-order valence-electron chi connectivity index (χ4n) is 2.33. The minimum atomic E-state index is -0.381. The van der Waals surface area contributed by atoms with E-state index in [0.29, 0.717) is 33.6 Å². The molecule has 0 fully saturated rings. The van der Waals surface area contributed by atoms with Gasteiger partial charge in [0.15, 0.2) is 11.5 Å². The lowest BCUT2D eigenvalue weighted by molar-refractivity contribution is -0.143. The molecule has 7 heteroatoms. The van der Waals surface area contributed by atoms with Gasteiger partial charge in [0, 0.05) is 5.02 Å². The first-order valence-electron chi connectivity index (χ1n) is 7.90. The summed E-state index contributed by atoms with van der Waals surface area (Å²) in [5.41, 5.74) is 0.695. The Labute approximate surface area is 157 Å². The van der Waals surface area contributed by atoms with Crippen molar-refractivity contribution in [3.05, 3.63) is 47.0 Å². The predicted molar refractivity (Wildman–Crippen MR) is 97.7 cm³/mol. The number of halogens is 1. The Morgan fingerprint density at radius 3 is 2.23 bits per heavy atom. The summed E-state index contributed by atoms with van der Waals surface area (Å²) in [6, 6.07) is 10.4. The summed E-state index contributed by atoms with van der Waals surface area (Å²) in [7, 11) is 4.56. The maximum absolute atomic E-state index is 12.0. The van der Waals surface area contributed by atoms with Gasteiger partial charge in [-0.3, -0.25) is 4.79 Å². The van der Waals surface area contributed by atoms with Crippen LogP contribution in [0.25, 0.3) is 0 Å². The van der Waals surface area contributed by atoms with E-state index in [9.17, 15) is 4.79 Å². The van der Waals surface area contributed by atoms with Crippen molar-refractivity contribution in [3.8, 4) is 23.0 Å². The summed E-state index contributed by atoms with van der Waals surface area (Å²) in [6.07, 6.45) is 0.0773. The highest BCUT2D eigenvalue weighted by molar-refractivity contribution is 6.30. The third-order valence-corrected chi connectivity index (χ3v) is 3.72. The molecular formula is C19H21ClO6. The molecule has 0 radical (unpaired) electrons. The molecule has 0 unspecified atom stereocenters. The van der Waals surface area contributed by atoms with Crippen LogP contribution in [0.4, 0.5) is 0 Å². The van der Waals surface area contributed by atoms with Gasteiger partial charge in [0.1, 0.15) is 19.0 Å². The van der Waals surface area contributed by atoms with E-state index in [-0.39, 0.29) is 25.6 Å². The number of esters is 1. The SMILES string of the molecule is COc1cc(CC(=O)OCCOc2cccc(Cl)c2)cc(OC)c1OC. The number of carbonyl (C=O) groups excluding carboxylic acids is 1. The van der Waals surface area contributed by atoms with E-state index >= 15 is 0 Å². The van der Waals surface area contributed by atoms with E-state index in [4.69, 9.17) is 35.3 Å². The molecule has 6 nitrogen and oxygen atoms in total. The van der Waals surface area contributed by atoms with Crippen LogP contribution in [0.2, 0.25) is 5.02 Å². The number of rotatable bonds is 9. The molecule has 0 heterocycles. The Bertz CT molecular complexity index is 722. The molecule has 2 rings (SSSR count). The highest BCUT2D eigenvalue weighted by Gasteiger charge is 2.15. The monoisotopic (exact) mass is 380 g/mol. The maximum Gasteiger partial charge on any atom is 0.310 e. The van der Waals surface area contributed by atoms with E-state index < -0.39 is 0 Å². The van der Waals surface area contributed by atoms with Gasteiger partial charge in [-0.2, -0.15) is 0 Å². The highest BCUT2D eigenvalue weighted by Crippen LogP contribution is 2.38. The molecule has 2 aromatic carbocycles.